The molecule has 0 bridgehead atoms. The van der Waals surface area contributed by atoms with Crippen molar-refractivity contribution in [2.45, 2.75) is 13.1 Å². The van der Waals surface area contributed by atoms with Gasteiger partial charge >= 0.3 is 11.9 Å². The molecule has 1 N–H and O–H groups in total. The van der Waals surface area contributed by atoms with E-state index in [1.165, 1.54) is 19.1 Å². The first kappa shape index (κ1) is 18.8. The van der Waals surface area contributed by atoms with Crippen LogP contribution in [0.4, 0.5) is 36.3 Å². The van der Waals surface area contributed by atoms with Gasteiger partial charge in [0.1, 0.15) is 5.69 Å². The summed E-state index contributed by atoms with van der Waals surface area (Å²) in [4.78, 5) is 20.9. The van der Waals surface area contributed by atoms with Crippen molar-refractivity contribution in [3.63, 3.8) is 0 Å². The molecule has 0 aliphatic carbocycles. The van der Waals surface area contributed by atoms with Gasteiger partial charge in [-0.1, -0.05) is 6.07 Å². The van der Waals surface area contributed by atoms with Crippen LogP contribution >= 0.6 is 0 Å². The van der Waals surface area contributed by atoms with Gasteiger partial charge in [0.2, 0.25) is 11.8 Å². The molecule has 1 saturated heterocycles. The monoisotopic (exact) mass is 383 g/mol. The second-order valence-electron chi connectivity index (χ2n) is 5.87. The second-order valence-corrected chi connectivity index (χ2v) is 5.87. The maximum absolute atomic E-state index is 12.9. The highest BCUT2D eigenvalue weighted by Crippen LogP contribution is 2.34. The number of hydrogen-bond donors (Lipinski definition) is 1. The molecule has 3 rings (SSSR count). The summed E-state index contributed by atoms with van der Waals surface area (Å²) in [6, 6.07) is 4.39. The quantitative estimate of drug-likeness (QED) is 0.640. The van der Waals surface area contributed by atoms with E-state index in [1.807, 2.05) is 0 Å². The minimum Gasteiger partial charge on any atom is -0.378 e. The summed E-state index contributed by atoms with van der Waals surface area (Å²) >= 11 is 0. The number of nitrogens with zero attached hydrogens (tertiary/aromatic N) is 4. The van der Waals surface area contributed by atoms with Crippen molar-refractivity contribution in [1.29, 1.82) is 0 Å². The van der Waals surface area contributed by atoms with Gasteiger partial charge in [-0.15, -0.1) is 0 Å². The number of morpholine rings is 1. The molecule has 27 heavy (non-hydrogen) atoms. The number of ether oxygens (including phenoxy) is 1. The van der Waals surface area contributed by atoms with E-state index in [2.05, 4.69) is 15.3 Å². The first-order valence-electron chi connectivity index (χ1n) is 8.05. The van der Waals surface area contributed by atoms with Crippen LogP contribution in [0.1, 0.15) is 11.3 Å². The normalized spacial score (nSPS) is 14.9. The predicted octanol–water partition coefficient (Wildman–Crippen LogP) is 3.29. The maximum Gasteiger partial charge on any atom is 0.416 e. The van der Waals surface area contributed by atoms with Crippen LogP contribution in [-0.4, -0.2) is 41.2 Å². The van der Waals surface area contributed by atoms with Gasteiger partial charge < -0.3 is 15.0 Å². The summed E-state index contributed by atoms with van der Waals surface area (Å²) < 4.78 is 44.0. The Morgan fingerprint density at radius 2 is 1.96 bits per heavy atom. The number of nitro groups is 1. The lowest BCUT2D eigenvalue weighted by molar-refractivity contribution is -0.385. The number of halogens is 3. The molecule has 0 atom stereocenters. The van der Waals surface area contributed by atoms with Crippen LogP contribution in [0.2, 0.25) is 0 Å². The van der Waals surface area contributed by atoms with Gasteiger partial charge in [0, 0.05) is 18.8 Å². The second kappa shape index (κ2) is 7.35. The number of anilines is 3. The van der Waals surface area contributed by atoms with E-state index in [0.29, 0.717) is 26.3 Å². The van der Waals surface area contributed by atoms with E-state index in [-0.39, 0.29) is 28.8 Å². The smallest absolute Gasteiger partial charge is 0.378 e. The standard InChI is InChI=1S/C16H16F3N5O3/c1-10-13(24(25)26)14(22-15(20-10)23-5-7-27-8-6-23)21-12-4-2-3-11(9-12)16(17,18)19/h2-4,9H,5-8H2,1H3,(H,20,21,22). The van der Waals surface area contributed by atoms with Crippen LogP contribution in [0.15, 0.2) is 24.3 Å². The summed E-state index contributed by atoms with van der Waals surface area (Å²) in [5.74, 6) is 0.101. The largest absolute Gasteiger partial charge is 0.416 e. The highest BCUT2D eigenvalue weighted by Gasteiger charge is 2.31. The third-order valence-corrected chi connectivity index (χ3v) is 3.98. The van der Waals surface area contributed by atoms with Crippen molar-refractivity contribution >= 4 is 23.1 Å². The average Bonchev–Trinajstić information content (AvgIpc) is 2.61. The number of nitrogens with one attached hydrogen (secondary N) is 1. The van der Waals surface area contributed by atoms with Crippen molar-refractivity contribution < 1.29 is 22.8 Å². The third kappa shape index (κ3) is 4.25. The van der Waals surface area contributed by atoms with E-state index in [9.17, 15) is 23.3 Å². The molecule has 0 radical (unpaired) electrons. The molecule has 2 aromatic rings. The Balaban J connectivity index is 2.00. The lowest BCUT2D eigenvalue weighted by Gasteiger charge is -2.27. The van der Waals surface area contributed by atoms with Gasteiger partial charge in [-0.05, 0) is 25.1 Å². The summed E-state index contributed by atoms with van der Waals surface area (Å²) in [7, 11) is 0. The van der Waals surface area contributed by atoms with Gasteiger partial charge in [-0.2, -0.15) is 18.2 Å². The number of aromatic nitrogens is 2. The first-order chi connectivity index (χ1) is 12.8. The molecule has 144 valence electrons. The average molecular weight is 383 g/mol. The number of rotatable bonds is 4. The third-order valence-electron chi connectivity index (χ3n) is 3.98. The van der Waals surface area contributed by atoms with Crippen LogP contribution in [0.25, 0.3) is 0 Å². The van der Waals surface area contributed by atoms with E-state index in [0.717, 1.165) is 12.1 Å². The Labute approximate surface area is 152 Å². The van der Waals surface area contributed by atoms with E-state index in [4.69, 9.17) is 4.74 Å². The highest BCUT2D eigenvalue weighted by atomic mass is 19.4. The molecule has 2 heterocycles. The summed E-state index contributed by atoms with van der Waals surface area (Å²) in [6.07, 6.45) is -4.52. The van der Waals surface area contributed by atoms with Crippen LogP contribution in [0.5, 0.6) is 0 Å². The number of alkyl halides is 3. The molecule has 0 amide bonds. The molecule has 1 aliphatic heterocycles. The number of aryl methyl sites for hydroxylation is 1. The SMILES string of the molecule is Cc1nc(N2CCOCC2)nc(Nc2cccc(C(F)(F)F)c2)c1[N+](=O)[O-]. The molecule has 1 aromatic carbocycles. The lowest BCUT2D eigenvalue weighted by Crippen LogP contribution is -2.37. The zero-order valence-electron chi connectivity index (χ0n) is 14.3. The number of benzene rings is 1. The summed E-state index contributed by atoms with van der Waals surface area (Å²) in [6.45, 7) is 3.42. The van der Waals surface area contributed by atoms with E-state index < -0.39 is 16.7 Å². The highest BCUT2D eigenvalue weighted by molar-refractivity contribution is 5.68. The van der Waals surface area contributed by atoms with Crippen LogP contribution in [-0.2, 0) is 10.9 Å². The maximum atomic E-state index is 12.9. The van der Waals surface area contributed by atoms with Crippen LogP contribution in [0.3, 0.4) is 0 Å². The zero-order chi connectivity index (χ0) is 19.6. The molecule has 0 saturated carbocycles. The minimum atomic E-state index is -4.52. The molecule has 0 unspecified atom stereocenters. The fourth-order valence-corrected chi connectivity index (χ4v) is 2.67. The van der Waals surface area contributed by atoms with E-state index >= 15 is 0 Å². The van der Waals surface area contributed by atoms with Crippen LogP contribution in [0, 0.1) is 17.0 Å². The fraction of sp³-hybridized carbons (Fsp3) is 0.375. The Morgan fingerprint density at radius 1 is 1.26 bits per heavy atom. The predicted molar refractivity (Wildman–Crippen MR) is 91.2 cm³/mol. The minimum absolute atomic E-state index is 0.0407. The van der Waals surface area contributed by atoms with Gasteiger partial charge in [-0.25, -0.2) is 4.98 Å². The summed E-state index contributed by atoms with van der Waals surface area (Å²) in [5.41, 5.74) is -1.09. The lowest BCUT2D eigenvalue weighted by atomic mass is 10.2. The number of hydrogen-bond acceptors (Lipinski definition) is 7. The van der Waals surface area contributed by atoms with Crippen LogP contribution < -0.4 is 10.2 Å². The molecule has 1 aromatic heterocycles. The van der Waals surface area contributed by atoms with Crippen molar-refractivity contribution in [2.24, 2.45) is 0 Å². The van der Waals surface area contributed by atoms with Crippen molar-refractivity contribution in [2.75, 3.05) is 36.5 Å². The molecule has 1 fully saturated rings. The van der Waals surface area contributed by atoms with Crippen molar-refractivity contribution in [3.05, 3.63) is 45.6 Å². The topological polar surface area (TPSA) is 93.4 Å². The fourth-order valence-electron chi connectivity index (χ4n) is 2.67. The molecular formula is C16H16F3N5O3. The summed E-state index contributed by atoms with van der Waals surface area (Å²) in [5, 5.41) is 14.1. The Bertz CT molecular complexity index is 854. The Kier molecular flexibility index (Phi) is 5.13. The van der Waals surface area contributed by atoms with Gasteiger partial charge in [-0.3, -0.25) is 10.1 Å². The van der Waals surface area contributed by atoms with Gasteiger partial charge in [0.15, 0.2) is 0 Å². The van der Waals surface area contributed by atoms with Crippen molar-refractivity contribution in [1.82, 2.24) is 9.97 Å². The molecule has 11 heteroatoms. The van der Waals surface area contributed by atoms with Gasteiger partial charge in [0.05, 0.1) is 23.7 Å². The Hall–Kier alpha value is -2.95. The molecule has 8 nitrogen and oxygen atoms in total. The van der Waals surface area contributed by atoms with Crippen molar-refractivity contribution in [3.8, 4) is 0 Å². The molecule has 1 aliphatic rings. The van der Waals surface area contributed by atoms with E-state index in [1.54, 1.807) is 4.90 Å². The first-order valence-corrected chi connectivity index (χ1v) is 8.05. The molecular weight excluding hydrogens is 367 g/mol. The molecule has 0 spiro atoms. The van der Waals surface area contributed by atoms with Gasteiger partial charge in [0.25, 0.3) is 0 Å². The Morgan fingerprint density at radius 3 is 2.59 bits per heavy atom. The zero-order valence-corrected chi connectivity index (χ0v) is 14.3.